The fourth-order valence-electron chi connectivity index (χ4n) is 1.57. The number of carboxylic acid groups (broad SMARTS) is 1. The highest BCUT2D eigenvalue weighted by molar-refractivity contribution is 5.75. The molecule has 0 aliphatic carbocycles. The third kappa shape index (κ3) is 5.57. The molecule has 0 amide bonds. The van der Waals surface area contributed by atoms with Crippen molar-refractivity contribution in [2.75, 3.05) is 6.61 Å². The first-order valence-electron chi connectivity index (χ1n) is 6.60. The van der Waals surface area contributed by atoms with Gasteiger partial charge in [-0.3, -0.25) is 4.79 Å². The average Bonchev–Trinajstić information content (AvgIpc) is 2.49. The van der Waals surface area contributed by atoms with E-state index in [1.807, 2.05) is 67.6 Å². The van der Waals surface area contributed by atoms with E-state index in [1.54, 1.807) is 6.92 Å². The van der Waals surface area contributed by atoms with Gasteiger partial charge in [-0.15, -0.1) is 0 Å². The smallest absolute Gasteiger partial charge is 0.310 e. The van der Waals surface area contributed by atoms with Crippen molar-refractivity contribution in [2.24, 2.45) is 0 Å². The van der Waals surface area contributed by atoms with Gasteiger partial charge in [0.15, 0.2) is 0 Å². The van der Waals surface area contributed by atoms with Crippen LogP contribution in [0.1, 0.15) is 25.3 Å². The minimum absolute atomic E-state index is 0.406. The molecule has 0 aliphatic rings. The predicted octanol–water partition coefficient (Wildman–Crippen LogP) is 3.96. The predicted molar refractivity (Wildman–Crippen MR) is 80.1 cm³/mol. The zero-order chi connectivity index (χ0) is 14.8. The molecule has 20 heavy (non-hydrogen) atoms. The molecule has 0 radical (unpaired) electrons. The molecule has 3 heteroatoms. The second-order valence-corrected chi connectivity index (χ2v) is 4.22. The Morgan fingerprint density at radius 3 is 2.00 bits per heavy atom. The second-order valence-electron chi connectivity index (χ2n) is 4.22. The van der Waals surface area contributed by atoms with E-state index < -0.39 is 11.9 Å². The number of carboxylic acids is 1. The van der Waals surface area contributed by atoms with Gasteiger partial charge >= 0.3 is 5.97 Å². The molecule has 1 atom stereocenters. The first kappa shape index (κ1) is 15.8. The van der Waals surface area contributed by atoms with Crippen LogP contribution < -0.4 is 4.74 Å². The molecule has 0 unspecified atom stereocenters. The molecule has 0 heterocycles. The maximum Gasteiger partial charge on any atom is 0.310 e. The molecule has 2 rings (SSSR count). The van der Waals surface area contributed by atoms with E-state index in [0.29, 0.717) is 0 Å². The Hall–Kier alpha value is -2.29. The van der Waals surface area contributed by atoms with Gasteiger partial charge in [0.25, 0.3) is 0 Å². The van der Waals surface area contributed by atoms with Gasteiger partial charge in [0.05, 0.1) is 12.5 Å². The van der Waals surface area contributed by atoms with Gasteiger partial charge in [-0.1, -0.05) is 48.5 Å². The van der Waals surface area contributed by atoms with E-state index in [4.69, 9.17) is 9.84 Å². The van der Waals surface area contributed by atoms with E-state index in [0.717, 1.165) is 17.9 Å². The van der Waals surface area contributed by atoms with Crippen molar-refractivity contribution in [2.45, 2.75) is 19.8 Å². The molecule has 2 aromatic rings. The molecule has 2 aromatic carbocycles. The van der Waals surface area contributed by atoms with Crippen LogP contribution in [0.25, 0.3) is 0 Å². The summed E-state index contributed by atoms with van der Waals surface area (Å²) in [5, 5.41) is 8.64. The van der Waals surface area contributed by atoms with Crippen LogP contribution in [0.3, 0.4) is 0 Å². The lowest BCUT2D eigenvalue weighted by Gasteiger charge is -2.04. The molecule has 0 fully saturated rings. The summed E-state index contributed by atoms with van der Waals surface area (Å²) < 4.78 is 5.21. The SMILES string of the molecule is CCOc1ccccc1.C[C@H](C(=O)O)c1ccccc1. The maximum atomic E-state index is 10.5. The van der Waals surface area contributed by atoms with Crippen LogP contribution in [-0.2, 0) is 4.79 Å². The van der Waals surface area contributed by atoms with Crippen LogP contribution in [-0.4, -0.2) is 17.7 Å². The van der Waals surface area contributed by atoms with Gasteiger partial charge in [0.1, 0.15) is 5.75 Å². The first-order valence-corrected chi connectivity index (χ1v) is 6.60. The molecule has 106 valence electrons. The summed E-state index contributed by atoms with van der Waals surface area (Å²) in [6, 6.07) is 19.0. The Morgan fingerprint density at radius 1 is 1.05 bits per heavy atom. The summed E-state index contributed by atoms with van der Waals surface area (Å²) in [6.45, 7) is 4.40. The highest BCUT2D eigenvalue weighted by atomic mass is 16.5. The number of rotatable bonds is 4. The third-order valence-electron chi connectivity index (χ3n) is 2.72. The molecular weight excluding hydrogens is 252 g/mol. The van der Waals surface area contributed by atoms with Gasteiger partial charge in [-0.05, 0) is 31.5 Å². The number of carbonyl (C=O) groups is 1. The standard InChI is InChI=1S/C9H10O2.C8H10O/c1-7(9(10)11)8-5-3-2-4-6-8;1-2-9-8-6-4-3-5-7-8/h2-7H,1H3,(H,10,11);3-7H,2H2,1H3/t7-;/m0./s1. The molecule has 0 bridgehead atoms. The topological polar surface area (TPSA) is 46.5 Å². The Kier molecular flexibility index (Phi) is 6.90. The highest BCUT2D eigenvalue weighted by Crippen LogP contribution is 2.13. The average molecular weight is 272 g/mol. The van der Waals surface area contributed by atoms with Crippen molar-refractivity contribution < 1.29 is 14.6 Å². The van der Waals surface area contributed by atoms with Crippen LogP contribution in [0, 0.1) is 0 Å². The normalized spacial score (nSPS) is 10.9. The van der Waals surface area contributed by atoms with Gasteiger partial charge in [0.2, 0.25) is 0 Å². The number of hydrogen-bond donors (Lipinski definition) is 1. The Labute approximate surface area is 119 Å². The van der Waals surface area contributed by atoms with Crippen molar-refractivity contribution in [3.05, 3.63) is 66.2 Å². The number of aliphatic carboxylic acids is 1. The summed E-state index contributed by atoms with van der Waals surface area (Å²) in [4.78, 5) is 10.5. The molecule has 3 nitrogen and oxygen atoms in total. The van der Waals surface area contributed by atoms with Gasteiger partial charge in [-0.2, -0.15) is 0 Å². The summed E-state index contributed by atoms with van der Waals surface area (Å²) in [5.74, 6) is -0.243. The molecule has 0 spiro atoms. The van der Waals surface area contributed by atoms with Crippen molar-refractivity contribution in [3.63, 3.8) is 0 Å². The van der Waals surface area contributed by atoms with Crippen molar-refractivity contribution in [1.82, 2.24) is 0 Å². The van der Waals surface area contributed by atoms with E-state index in [9.17, 15) is 4.79 Å². The molecular formula is C17H20O3. The van der Waals surface area contributed by atoms with Crippen molar-refractivity contribution >= 4 is 5.97 Å². The summed E-state index contributed by atoms with van der Waals surface area (Å²) in [5.41, 5.74) is 0.847. The minimum Gasteiger partial charge on any atom is -0.494 e. The summed E-state index contributed by atoms with van der Waals surface area (Å²) in [6.07, 6.45) is 0. The van der Waals surface area contributed by atoms with E-state index >= 15 is 0 Å². The van der Waals surface area contributed by atoms with Gasteiger partial charge in [-0.25, -0.2) is 0 Å². The maximum absolute atomic E-state index is 10.5. The number of ether oxygens (including phenoxy) is 1. The lowest BCUT2D eigenvalue weighted by atomic mass is 10.0. The number of hydrogen-bond acceptors (Lipinski definition) is 2. The molecule has 1 N–H and O–H groups in total. The summed E-state index contributed by atoms with van der Waals surface area (Å²) >= 11 is 0. The lowest BCUT2D eigenvalue weighted by molar-refractivity contribution is -0.138. The third-order valence-corrected chi connectivity index (χ3v) is 2.72. The molecule has 0 saturated carbocycles. The van der Waals surface area contributed by atoms with E-state index in [1.165, 1.54) is 0 Å². The Morgan fingerprint density at radius 2 is 1.55 bits per heavy atom. The van der Waals surface area contributed by atoms with E-state index in [-0.39, 0.29) is 0 Å². The monoisotopic (exact) mass is 272 g/mol. The molecule has 0 saturated heterocycles. The number of para-hydroxylation sites is 1. The van der Waals surface area contributed by atoms with Crippen LogP contribution in [0.2, 0.25) is 0 Å². The van der Waals surface area contributed by atoms with Crippen molar-refractivity contribution in [3.8, 4) is 5.75 Å². The lowest BCUT2D eigenvalue weighted by Crippen LogP contribution is -2.06. The first-order chi connectivity index (χ1) is 9.65. The van der Waals surface area contributed by atoms with Crippen LogP contribution in [0.4, 0.5) is 0 Å². The quantitative estimate of drug-likeness (QED) is 0.916. The Bertz CT molecular complexity index is 494. The molecule has 0 aromatic heterocycles. The van der Waals surface area contributed by atoms with Crippen molar-refractivity contribution in [1.29, 1.82) is 0 Å². The zero-order valence-electron chi connectivity index (χ0n) is 11.8. The summed E-state index contributed by atoms with van der Waals surface area (Å²) in [7, 11) is 0. The van der Waals surface area contributed by atoms with Crippen LogP contribution in [0.15, 0.2) is 60.7 Å². The highest BCUT2D eigenvalue weighted by Gasteiger charge is 2.11. The fourth-order valence-corrected chi connectivity index (χ4v) is 1.57. The zero-order valence-corrected chi connectivity index (χ0v) is 11.8. The van der Waals surface area contributed by atoms with Gasteiger partial charge < -0.3 is 9.84 Å². The fraction of sp³-hybridized carbons (Fsp3) is 0.235. The second kappa shape index (κ2) is 8.75. The van der Waals surface area contributed by atoms with Crippen LogP contribution >= 0.6 is 0 Å². The number of benzene rings is 2. The Balaban J connectivity index is 0.000000204. The van der Waals surface area contributed by atoms with Gasteiger partial charge in [0, 0.05) is 0 Å². The van der Waals surface area contributed by atoms with E-state index in [2.05, 4.69) is 0 Å². The minimum atomic E-state index is -0.781. The molecule has 0 aliphatic heterocycles. The van der Waals surface area contributed by atoms with Crippen LogP contribution in [0.5, 0.6) is 5.75 Å². The largest absolute Gasteiger partial charge is 0.494 e.